The van der Waals surface area contributed by atoms with Crippen LogP contribution in [0.4, 0.5) is 4.79 Å². The highest BCUT2D eigenvalue weighted by atomic mass is 16.6. The number of rotatable bonds is 4. The van der Waals surface area contributed by atoms with Gasteiger partial charge in [0.15, 0.2) is 0 Å². The summed E-state index contributed by atoms with van der Waals surface area (Å²) in [5, 5.41) is 3.67. The number of likely N-dealkylation sites (tertiary alicyclic amines) is 1. The minimum Gasteiger partial charge on any atom is -0.444 e. The smallest absolute Gasteiger partial charge is 0.410 e. The molecule has 0 aromatic carbocycles. The molecule has 2 aliphatic heterocycles. The first-order valence-electron chi connectivity index (χ1n) is 9.23. The summed E-state index contributed by atoms with van der Waals surface area (Å²) >= 11 is 0. The maximum absolute atomic E-state index is 12.4. The first-order valence-corrected chi connectivity index (χ1v) is 9.23. The largest absolute Gasteiger partial charge is 0.444 e. The Bertz CT molecular complexity index is 381. The molecule has 23 heavy (non-hydrogen) atoms. The first kappa shape index (κ1) is 18.5. The molecule has 0 spiro atoms. The molecule has 1 N–H and O–H groups in total. The molecule has 3 atom stereocenters. The number of piperidine rings is 1. The van der Waals surface area contributed by atoms with Gasteiger partial charge in [-0.25, -0.2) is 4.79 Å². The van der Waals surface area contributed by atoms with Crippen LogP contribution in [0, 0.1) is 0 Å². The molecule has 0 aromatic rings. The van der Waals surface area contributed by atoms with Gasteiger partial charge in [-0.2, -0.15) is 0 Å². The molecule has 0 aromatic heterocycles. The lowest BCUT2D eigenvalue weighted by molar-refractivity contribution is -0.00519. The van der Waals surface area contributed by atoms with E-state index in [-0.39, 0.29) is 12.1 Å². The molecule has 5 heteroatoms. The summed E-state index contributed by atoms with van der Waals surface area (Å²) < 4.78 is 11.3. The van der Waals surface area contributed by atoms with Crippen LogP contribution in [-0.2, 0) is 9.47 Å². The monoisotopic (exact) mass is 326 g/mol. The maximum atomic E-state index is 12.4. The Morgan fingerprint density at radius 3 is 2.78 bits per heavy atom. The molecular weight excluding hydrogens is 292 g/mol. The van der Waals surface area contributed by atoms with E-state index in [2.05, 4.69) is 12.2 Å². The Labute approximate surface area is 141 Å². The number of amides is 1. The van der Waals surface area contributed by atoms with E-state index >= 15 is 0 Å². The van der Waals surface area contributed by atoms with Gasteiger partial charge >= 0.3 is 6.09 Å². The highest BCUT2D eigenvalue weighted by Crippen LogP contribution is 2.21. The third-order valence-corrected chi connectivity index (χ3v) is 4.72. The first-order chi connectivity index (χ1) is 10.9. The SMILES string of the molecule is CCC1CC(NCC2CCCCN2C(=O)OC(C)(C)C)CCO1. The summed E-state index contributed by atoms with van der Waals surface area (Å²) in [6, 6.07) is 0.762. The van der Waals surface area contributed by atoms with E-state index in [4.69, 9.17) is 9.47 Å². The van der Waals surface area contributed by atoms with Crippen LogP contribution in [0.15, 0.2) is 0 Å². The van der Waals surface area contributed by atoms with E-state index in [1.807, 2.05) is 25.7 Å². The zero-order valence-electron chi connectivity index (χ0n) is 15.3. The Morgan fingerprint density at radius 2 is 2.09 bits per heavy atom. The van der Waals surface area contributed by atoms with Crippen molar-refractivity contribution in [1.82, 2.24) is 10.2 Å². The molecule has 5 nitrogen and oxygen atoms in total. The molecule has 1 amide bonds. The van der Waals surface area contributed by atoms with E-state index in [9.17, 15) is 4.79 Å². The fourth-order valence-electron chi connectivity index (χ4n) is 3.43. The molecule has 2 fully saturated rings. The predicted molar refractivity (Wildman–Crippen MR) is 91.6 cm³/mol. The Morgan fingerprint density at radius 1 is 1.30 bits per heavy atom. The summed E-state index contributed by atoms with van der Waals surface area (Å²) in [6.45, 7) is 10.5. The quantitative estimate of drug-likeness (QED) is 0.861. The topological polar surface area (TPSA) is 50.8 Å². The van der Waals surface area contributed by atoms with Crippen LogP contribution in [0.2, 0.25) is 0 Å². The Kier molecular flexibility index (Phi) is 6.72. The Balaban J connectivity index is 1.85. The average Bonchev–Trinajstić information content (AvgIpc) is 2.52. The highest BCUT2D eigenvalue weighted by molar-refractivity contribution is 5.68. The summed E-state index contributed by atoms with van der Waals surface area (Å²) in [4.78, 5) is 14.4. The lowest BCUT2D eigenvalue weighted by atomic mass is 9.99. The lowest BCUT2D eigenvalue weighted by Crippen LogP contribution is -2.52. The number of ether oxygens (including phenoxy) is 2. The standard InChI is InChI=1S/C18H34N2O3/c1-5-16-12-14(9-11-22-16)19-13-15-8-6-7-10-20(15)17(21)23-18(2,3)4/h14-16,19H,5-13H2,1-4H3. The molecule has 0 saturated carbocycles. The fraction of sp³-hybridized carbons (Fsp3) is 0.944. The molecular formula is C18H34N2O3. The zero-order valence-corrected chi connectivity index (χ0v) is 15.3. The number of hydrogen-bond acceptors (Lipinski definition) is 4. The molecule has 2 saturated heterocycles. The van der Waals surface area contributed by atoms with E-state index < -0.39 is 5.60 Å². The second-order valence-corrected chi connectivity index (χ2v) is 7.85. The fourth-order valence-corrected chi connectivity index (χ4v) is 3.43. The van der Waals surface area contributed by atoms with E-state index in [0.29, 0.717) is 12.1 Å². The summed E-state index contributed by atoms with van der Waals surface area (Å²) in [7, 11) is 0. The van der Waals surface area contributed by atoms with Crippen molar-refractivity contribution in [3.63, 3.8) is 0 Å². The van der Waals surface area contributed by atoms with Crippen molar-refractivity contribution in [3.05, 3.63) is 0 Å². The van der Waals surface area contributed by atoms with Gasteiger partial charge in [-0.3, -0.25) is 0 Å². The van der Waals surface area contributed by atoms with Crippen molar-refractivity contribution in [1.29, 1.82) is 0 Å². The van der Waals surface area contributed by atoms with Gasteiger partial charge < -0.3 is 19.7 Å². The van der Waals surface area contributed by atoms with E-state index in [1.165, 1.54) is 6.42 Å². The molecule has 2 aliphatic rings. The van der Waals surface area contributed by atoms with Crippen LogP contribution >= 0.6 is 0 Å². The number of carbonyl (C=O) groups is 1. The van der Waals surface area contributed by atoms with Crippen molar-refractivity contribution in [2.24, 2.45) is 0 Å². The summed E-state index contributed by atoms with van der Waals surface area (Å²) in [5.74, 6) is 0. The lowest BCUT2D eigenvalue weighted by Gasteiger charge is -2.38. The summed E-state index contributed by atoms with van der Waals surface area (Å²) in [6.07, 6.45) is 6.77. The van der Waals surface area contributed by atoms with Gasteiger partial charge in [0.05, 0.1) is 6.10 Å². The van der Waals surface area contributed by atoms with Gasteiger partial charge in [0, 0.05) is 31.8 Å². The van der Waals surface area contributed by atoms with Crippen molar-refractivity contribution < 1.29 is 14.3 Å². The molecule has 3 unspecified atom stereocenters. The second-order valence-electron chi connectivity index (χ2n) is 7.85. The van der Waals surface area contributed by atoms with Gasteiger partial charge in [0.25, 0.3) is 0 Å². The van der Waals surface area contributed by atoms with Crippen molar-refractivity contribution >= 4 is 6.09 Å². The molecule has 134 valence electrons. The third kappa shape index (κ3) is 5.96. The minimum absolute atomic E-state index is 0.164. The zero-order chi connectivity index (χ0) is 16.9. The van der Waals surface area contributed by atoms with Crippen molar-refractivity contribution in [2.75, 3.05) is 19.7 Å². The van der Waals surface area contributed by atoms with Gasteiger partial charge in [0.1, 0.15) is 5.60 Å². The number of carbonyl (C=O) groups excluding carboxylic acids is 1. The van der Waals surface area contributed by atoms with Crippen LogP contribution in [0.3, 0.4) is 0 Å². The molecule has 2 heterocycles. The molecule has 0 radical (unpaired) electrons. The normalized spacial score (nSPS) is 29.4. The average molecular weight is 326 g/mol. The third-order valence-electron chi connectivity index (χ3n) is 4.72. The van der Waals surface area contributed by atoms with Crippen LogP contribution in [0.5, 0.6) is 0 Å². The predicted octanol–water partition coefficient (Wildman–Crippen LogP) is 3.32. The van der Waals surface area contributed by atoms with Gasteiger partial charge in [-0.15, -0.1) is 0 Å². The second kappa shape index (κ2) is 8.34. The molecule has 0 aliphatic carbocycles. The van der Waals surface area contributed by atoms with Crippen LogP contribution < -0.4 is 5.32 Å². The molecule has 2 rings (SSSR count). The summed E-state index contributed by atoms with van der Waals surface area (Å²) in [5.41, 5.74) is -0.429. The van der Waals surface area contributed by atoms with Crippen LogP contribution in [0.1, 0.15) is 66.2 Å². The van der Waals surface area contributed by atoms with Crippen molar-refractivity contribution in [3.8, 4) is 0 Å². The van der Waals surface area contributed by atoms with Crippen LogP contribution in [-0.4, -0.2) is 54.5 Å². The number of nitrogens with one attached hydrogen (secondary N) is 1. The molecule has 0 bridgehead atoms. The van der Waals surface area contributed by atoms with Crippen molar-refractivity contribution in [2.45, 2.75) is 90.0 Å². The van der Waals surface area contributed by atoms with Gasteiger partial charge in [-0.1, -0.05) is 6.92 Å². The minimum atomic E-state index is -0.429. The van der Waals surface area contributed by atoms with E-state index in [1.54, 1.807) is 0 Å². The highest BCUT2D eigenvalue weighted by Gasteiger charge is 2.31. The van der Waals surface area contributed by atoms with Gasteiger partial charge in [0.2, 0.25) is 0 Å². The number of hydrogen-bond donors (Lipinski definition) is 1. The van der Waals surface area contributed by atoms with Crippen LogP contribution in [0.25, 0.3) is 0 Å². The Hall–Kier alpha value is -0.810. The number of nitrogens with zero attached hydrogens (tertiary/aromatic N) is 1. The van der Waals surface area contributed by atoms with Gasteiger partial charge in [-0.05, 0) is 59.3 Å². The van der Waals surface area contributed by atoms with E-state index in [0.717, 1.165) is 51.8 Å². The maximum Gasteiger partial charge on any atom is 0.410 e.